The molecule has 1 N–H and O–H groups in total. The van der Waals surface area contributed by atoms with Crippen LogP contribution in [0, 0.1) is 12.7 Å². The highest BCUT2D eigenvalue weighted by molar-refractivity contribution is 7.99. The van der Waals surface area contributed by atoms with E-state index in [4.69, 9.17) is 0 Å². The second-order valence-electron chi connectivity index (χ2n) is 5.31. The normalized spacial score (nSPS) is 18.0. The third kappa shape index (κ3) is 3.19. The summed E-state index contributed by atoms with van der Waals surface area (Å²) in [5, 5.41) is 0. The van der Waals surface area contributed by atoms with Gasteiger partial charge in [0, 0.05) is 10.9 Å². The quantitative estimate of drug-likeness (QED) is 0.930. The highest BCUT2D eigenvalue weighted by atomic mass is 32.2. The van der Waals surface area contributed by atoms with Crippen molar-refractivity contribution in [3.63, 3.8) is 0 Å². The molecule has 0 unspecified atom stereocenters. The molecule has 1 aliphatic heterocycles. The lowest BCUT2D eigenvalue weighted by atomic mass is 10.0. The molecule has 3 nitrogen and oxygen atoms in total. The molecule has 116 valence electrons. The Hall–Kier alpha value is -1.37. The van der Waals surface area contributed by atoms with E-state index in [0.29, 0.717) is 12.0 Å². The van der Waals surface area contributed by atoms with E-state index in [9.17, 15) is 12.8 Å². The summed E-state index contributed by atoms with van der Waals surface area (Å²) in [7, 11) is -3.61. The molecule has 1 heterocycles. The van der Waals surface area contributed by atoms with Gasteiger partial charge in [-0.15, -0.1) is 11.8 Å². The lowest BCUT2D eigenvalue weighted by Crippen LogP contribution is -2.30. The molecule has 2 aromatic rings. The number of hydrogen-bond donors (Lipinski definition) is 1. The van der Waals surface area contributed by atoms with Crippen LogP contribution in [0.25, 0.3) is 0 Å². The Morgan fingerprint density at radius 3 is 2.64 bits per heavy atom. The number of halogens is 1. The maximum absolute atomic E-state index is 13.5. The van der Waals surface area contributed by atoms with E-state index in [-0.39, 0.29) is 10.7 Å². The van der Waals surface area contributed by atoms with E-state index in [2.05, 4.69) is 4.72 Å². The van der Waals surface area contributed by atoms with E-state index in [1.807, 2.05) is 6.92 Å². The Balaban J connectivity index is 1.91. The predicted molar refractivity (Wildman–Crippen MR) is 86.0 cm³/mol. The SMILES string of the molecule is Cc1ccc(S(=O)(=O)N[C@H]2CCSc3ccc(F)cc32)cc1. The van der Waals surface area contributed by atoms with E-state index in [1.165, 1.54) is 12.1 Å². The van der Waals surface area contributed by atoms with E-state index in [0.717, 1.165) is 16.2 Å². The third-order valence-electron chi connectivity index (χ3n) is 3.64. The van der Waals surface area contributed by atoms with Gasteiger partial charge in [-0.05, 0) is 55.0 Å². The number of fused-ring (bicyclic) bond motifs is 1. The fraction of sp³-hybridized carbons (Fsp3) is 0.250. The monoisotopic (exact) mass is 337 g/mol. The summed E-state index contributed by atoms with van der Waals surface area (Å²) < 4.78 is 41.2. The highest BCUT2D eigenvalue weighted by Gasteiger charge is 2.26. The smallest absolute Gasteiger partial charge is 0.207 e. The standard InChI is InChI=1S/C16H16FNO2S2/c1-11-2-5-13(6-3-11)22(19,20)18-15-8-9-21-16-7-4-12(17)10-14(15)16/h2-7,10,15,18H,8-9H2,1H3/t15-/m0/s1. The molecule has 0 fully saturated rings. The molecular formula is C16H16FNO2S2. The summed E-state index contributed by atoms with van der Waals surface area (Å²) in [4.78, 5) is 1.17. The Bertz CT molecular complexity index is 788. The fourth-order valence-electron chi connectivity index (χ4n) is 2.46. The fourth-order valence-corrected chi connectivity index (χ4v) is 4.82. The third-order valence-corrected chi connectivity index (χ3v) is 6.25. The summed E-state index contributed by atoms with van der Waals surface area (Å²) >= 11 is 1.62. The van der Waals surface area contributed by atoms with Crippen LogP contribution in [0.15, 0.2) is 52.3 Å². The van der Waals surface area contributed by atoms with Crippen molar-refractivity contribution in [1.29, 1.82) is 0 Å². The molecule has 1 aliphatic rings. The summed E-state index contributed by atoms with van der Waals surface area (Å²) in [6.45, 7) is 1.90. The van der Waals surface area contributed by atoms with Crippen molar-refractivity contribution < 1.29 is 12.8 Å². The predicted octanol–water partition coefficient (Wildman–Crippen LogP) is 3.65. The largest absolute Gasteiger partial charge is 0.241 e. The van der Waals surface area contributed by atoms with Gasteiger partial charge in [0.25, 0.3) is 0 Å². The van der Waals surface area contributed by atoms with Crippen LogP contribution in [-0.2, 0) is 10.0 Å². The van der Waals surface area contributed by atoms with Crippen molar-refractivity contribution in [2.45, 2.75) is 29.2 Å². The molecule has 0 saturated heterocycles. The van der Waals surface area contributed by atoms with Crippen molar-refractivity contribution >= 4 is 21.8 Å². The minimum Gasteiger partial charge on any atom is -0.207 e. The van der Waals surface area contributed by atoms with Gasteiger partial charge in [0.2, 0.25) is 10.0 Å². The van der Waals surface area contributed by atoms with Crippen molar-refractivity contribution in [3.05, 3.63) is 59.4 Å². The molecule has 0 amide bonds. The van der Waals surface area contributed by atoms with Gasteiger partial charge in [0.1, 0.15) is 5.82 Å². The summed E-state index contributed by atoms with van der Waals surface area (Å²) in [5.41, 5.74) is 1.72. The van der Waals surface area contributed by atoms with Gasteiger partial charge < -0.3 is 0 Å². The minimum atomic E-state index is -3.61. The summed E-state index contributed by atoms with van der Waals surface area (Å²) in [6.07, 6.45) is 0.645. The average Bonchev–Trinajstić information content (AvgIpc) is 2.48. The molecule has 0 radical (unpaired) electrons. The van der Waals surface area contributed by atoms with Crippen molar-refractivity contribution in [2.24, 2.45) is 0 Å². The molecule has 0 spiro atoms. The van der Waals surface area contributed by atoms with Gasteiger partial charge in [-0.2, -0.15) is 0 Å². The molecule has 22 heavy (non-hydrogen) atoms. The number of sulfonamides is 1. The second kappa shape index (κ2) is 6.02. The first-order valence-corrected chi connectivity index (χ1v) is 9.44. The molecular weight excluding hydrogens is 321 g/mol. The van der Waals surface area contributed by atoms with Crippen LogP contribution in [-0.4, -0.2) is 14.2 Å². The van der Waals surface area contributed by atoms with E-state index in [1.54, 1.807) is 42.1 Å². The number of aryl methyl sites for hydroxylation is 1. The van der Waals surface area contributed by atoms with Crippen LogP contribution in [0.5, 0.6) is 0 Å². The molecule has 0 aromatic heterocycles. The van der Waals surface area contributed by atoms with Gasteiger partial charge in [-0.3, -0.25) is 0 Å². The maximum atomic E-state index is 13.5. The number of rotatable bonds is 3. The average molecular weight is 337 g/mol. The molecule has 1 atom stereocenters. The summed E-state index contributed by atoms with van der Waals surface area (Å²) in [5.74, 6) is 0.459. The van der Waals surface area contributed by atoms with Gasteiger partial charge >= 0.3 is 0 Å². The Morgan fingerprint density at radius 2 is 1.91 bits per heavy atom. The Morgan fingerprint density at radius 1 is 1.18 bits per heavy atom. The van der Waals surface area contributed by atoms with Gasteiger partial charge in [-0.25, -0.2) is 17.5 Å². The van der Waals surface area contributed by atoms with Crippen LogP contribution in [0.3, 0.4) is 0 Å². The van der Waals surface area contributed by atoms with Crippen LogP contribution >= 0.6 is 11.8 Å². The number of benzene rings is 2. The van der Waals surface area contributed by atoms with Crippen molar-refractivity contribution in [1.82, 2.24) is 4.72 Å². The first-order chi connectivity index (χ1) is 10.5. The maximum Gasteiger partial charge on any atom is 0.241 e. The van der Waals surface area contributed by atoms with Gasteiger partial charge in [-0.1, -0.05) is 17.7 Å². The zero-order valence-electron chi connectivity index (χ0n) is 12.0. The second-order valence-corrected chi connectivity index (χ2v) is 8.16. The van der Waals surface area contributed by atoms with Crippen molar-refractivity contribution in [3.8, 4) is 0 Å². The van der Waals surface area contributed by atoms with Crippen LogP contribution < -0.4 is 4.72 Å². The van der Waals surface area contributed by atoms with E-state index >= 15 is 0 Å². The zero-order chi connectivity index (χ0) is 15.7. The van der Waals surface area contributed by atoms with Crippen molar-refractivity contribution in [2.75, 3.05) is 5.75 Å². The topological polar surface area (TPSA) is 46.2 Å². The van der Waals surface area contributed by atoms with Gasteiger partial charge in [0.05, 0.1) is 4.90 Å². The van der Waals surface area contributed by atoms with Crippen LogP contribution in [0.2, 0.25) is 0 Å². The molecule has 0 saturated carbocycles. The molecule has 0 bridgehead atoms. The van der Waals surface area contributed by atoms with Crippen LogP contribution in [0.1, 0.15) is 23.6 Å². The molecule has 3 rings (SSSR count). The lowest BCUT2D eigenvalue weighted by molar-refractivity contribution is 0.541. The lowest BCUT2D eigenvalue weighted by Gasteiger charge is -2.25. The van der Waals surface area contributed by atoms with Gasteiger partial charge in [0.15, 0.2) is 0 Å². The Kier molecular flexibility index (Phi) is 4.25. The zero-order valence-corrected chi connectivity index (χ0v) is 13.7. The highest BCUT2D eigenvalue weighted by Crippen LogP contribution is 2.37. The van der Waals surface area contributed by atoms with Crippen LogP contribution in [0.4, 0.5) is 4.39 Å². The first kappa shape index (κ1) is 15.5. The minimum absolute atomic E-state index is 0.231. The molecule has 0 aliphatic carbocycles. The number of thioether (sulfide) groups is 1. The summed E-state index contributed by atoms with van der Waals surface area (Å²) in [6, 6.07) is 10.8. The first-order valence-electron chi connectivity index (χ1n) is 6.97. The molecule has 6 heteroatoms. The molecule has 2 aromatic carbocycles. The Labute approximate surface area is 134 Å². The number of hydrogen-bond acceptors (Lipinski definition) is 3. The van der Waals surface area contributed by atoms with E-state index < -0.39 is 16.1 Å². The number of nitrogens with one attached hydrogen (secondary N) is 1.